The van der Waals surface area contributed by atoms with Crippen molar-refractivity contribution < 1.29 is 13.5 Å². The van der Waals surface area contributed by atoms with E-state index in [1.54, 1.807) is 0 Å². The van der Waals surface area contributed by atoms with Crippen LogP contribution in [0.3, 0.4) is 0 Å². The smallest absolute Gasteiger partial charge is 0.250 e. The van der Waals surface area contributed by atoms with E-state index in [1.807, 2.05) is 13.0 Å². The van der Waals surface area contributed by atoms with Crippen molar-refractivity contribution in [2.24, 2.45) is 0 Å². The number of alkyl halides is 2. The van der Waals surface area contributed by atoms with Crippen LogP contribution < -0.4 is 5.32 Å². The first-order chi connectivity index (χ1) is 9.20. The van der Waals surface area contributed by atoms with Crippen molar-refractivity contribution in [1.29, 1.82) is 0 Å². The Kier molecular flexibility index (Phi) is 5.22. The van der Waals surface area contributed by atoms with Gasteiger partial charge in [0.15, 0.2) is 0 Å². The molecule has 0 aliphatic carbocycles. The summed E-state index contributed by atoms with van der Waals surface area (Å²) < 4.78 is 29.8. The summed E-state index contributed by atoms with van der Waals surface area (Å²) in [6.07, 6.45) is -0.495. The van der Waals surface area contributed by atoms with Gasteiger partial charge in [-0.25, -0.2) is 8.78 Å². The monoisotopic (exact) mass is 270 g/mol. The van der Waals surface area contributed by atoms with Crippen molar-refractivity contribution in [3.63, 3.8) is 0 Å². The van der Waals surface area contributed by atoms with Gasteiger partial charge in [-0.3, -0.25) is 4.98 Å². The minimum atomic E-state index is -2.33. The third kappa shape index (κ3) is 3.94. The van der Waals surface area contributed by atoms with Crippen LogP contribution in [0.1, 0.15) is 36.2 Å². The summed E-state index contributed by atoms with van der Waals surface area (Å²) in [4.78, 5) is 4.57. The fourth-order valence-electron chi connectivity index (χ4n) is 2.35. The predicted molar refractivity (Wildman–Crippen MR) is 69.5 cm³/mol. The zero-order chi connectivity index (χ0) is 13.7. The lowest BCUT2D eigenvalue weighted by Gasteiger charge is -2.15. The summed E-state index contributed by atoms with van der Waals surface area (Å²) >= 11 is 0. The third-order valence-electron chi connectivity index (χ3n) is 3.39. The Balaban J connectivity index is 2.11. The van der Waals surface area contributed by atoms with Crippen LogP contribution in [-0.4, -0.2) is 31.2 Å². The highest BCUT2D eigenvalue weighted by molar-refractivity contribution is 5.27. The maximum atomic E-state index is 12.2. The Bertz CT molecular complexity index is 406. The number of rotatable bonds is 6. The topological polar surface area (TPSA) is 34.1 Å². The molecule has 1 aliphatic heterocycles. The van der Waals surface area contributed by atoms with Gasteiger partial charge in [0, 0.05) is 24.8 Å². The van der Waals surface area contributed by atoms with Gasteiger partial charge in [-0.2, -0.15) is 0 Å². The van der Waals surface area contributed by atoms with Gasteiger partial charge in [0.05, 0.1) is 18.8 Å². The molecular weight excluding hydrogens is 250 g/mol. The molecule has 0 radical (unpaired) electrons. The van der Waals surface area contributed by atoms with Gasteiger partial charge in [-0.05, 0) is 24.5 Å². The second-order valence-corrected chi connectivity index (χ2v) is 4.77. The Hall–Kier alpha value is -1.07. The number of aromatic nitrogens is 1. The first-order valence-corrected chi connectivity index (χ1v) is 6.76. The van der Waals surface area contributed by atoms with E-state index >= 15 is 0 Å². The molecule has 5 heteroatoms. The molecule has 1 atom stereocenters. The van der Waals surface area contributed by atoms with Gasteiger partial charge < -0.3 is 10.1 Å². The number of hydrogen-bond donors (Lipinski definition) is 1. The zero-order valence-electron chi connectivity index (χ0n) is 11.2. The average Bonchev–Trinajstić information content (AvgIpc) is 2.92. The zero-order valence-corrected chi connectivity index (χ0v) is 11.2. The minimum absolute atomic E-state index is 0.293. The van der Waals surface area contributed by atoms with E-state index in [4.69, 9.17) is 4.74 Å². The molecule has 2 heterocycles. The van der Waals surface area contributed by atoms with Gasteiger partial charge in [-0.15, -0.1) is 0 Å². The normalized spacial score (nSPS) is 19.3. The molecule has 106 valence electrons. The highest BCUT2D eigenvalue weighted by Gasteiger charge is 2.21. The quantitative estimate of drug-likeness (QED) is 0.862. The van der Waals surface area contributed by atoms with Crippen LogP contribution in [0.5, 0.6) is 0 Å². The van der Waals surface area contributed by atoms with Crippen LogP contribution in [0.4, 0.5) is 8.78 Å². The molecule has 2 rings (SSSR count). The standard InChI is InChI=1S/C14H20F2N2O/c1-2-11-3-4-12(10-5-6-19-9-10)13(18-11)7-17-8-14(15)16/h3-4,10,14,17H,2,5-9H2,1H3/t10-/m1/s1. The van der Waals surface area contributed by atoms with Crippen molar-refractivity contribution in [2.45, 2.75) is 38.7 Å². The van der Waals surface area contributed by atoms with E-state index in [9.17, 15) is 8.78 Å². The molecule has 1 fully saturated rings. The van der Waals surface area contributed by atoms with Crippen molar-refractivity contribution >= 4 is 0 Å². The van der Waals surface area contributed by atoms with Gasteiger partial charge in [0.25, 0.3) is 6.43 Å². The predicted octanol–water partition coefficient (Wildman–Crippen LogP) is 2.50. The first kappa shape index (κ1) is 14.3. The van der Waals surface area contributed by atoms with E-state index in [0.717, 1.165) is 36.4 Å². The molecule has 0 unspecified atom stereocenters. The van der Waals surface area contributed by atoms with Crippen LogP contribution >= 0.6 is 0 Å². The Morgan fingerprint density at radius 3 is 2.95 bits per heavy atom. The molecule has 1 aliphatic rings. The molecule has 0 aromatic carbocycles. The molecule has 0 spiro atoms. The lowest BCUT2D eigenvalue weighted by molar-refractivity contribution is 0.145. The van der Waals surface area contributed by atoms with Gasteiger partial charge in [-0.1, -0.05) is 13.0 Å². The van der Waals surface area contributed by atoms with Crippen LogP contribution in [-0.2, 0) is 17.7 Å². The fraction of sp³-hybridized carbons (Fsp3) is 0.643. The van der Waals surface area contributed by atoms with E-state index < -0.39 is 6.43 Å². The van der Waals surface area contributed by atoms with Gasteiger partial charge >= 0.3 is 0 Å². The van der Waals surface area contributed by atoms with Crippen molar-refractivity contribution in [2.75, 3.05) is 19.8 Å². The number of nitrogens with zero attached hydrogens (tertiary/aromatic N) is 1. The molecule has 3 nitrogen and oxygen atoms in total. The molecule has 1 aromatic rings. The van der Waals surface area contributed by atoms with Crippen molar-refractivity contribution in [1.82, 2.24) is 10.3 Å². The average molecular weight is 270 g/mol. The summed E-state index contributed by atoms with van der Waals surface area (Å²) in [5.41, 5.74) is 3.02. The first-order valence-electron chi connectivity index (χ1n) is 6.76. The van der Waals surface area contributed by atoms with Gasteiger partial charge in [0.2, 0.25) is 0 Å². The van der Waals surface area contributed by atoms with E-state index in [-0.39, 0.29) is 6.54 Å². The summed E-state index contributed by atoms with van der Waals surface area (Å²) in [6, 6.07) is 4.09. The highest BCUT2D eigenvalue weighted by atomic mass is 19.3. The summed E-state index contributed by atoms with van der Waals surface area (Å²) in [5, 5.41) is 2.76. The minimum Gasteiger partial charge on any atom is -0.381 e. The number of pyridine rings is 1. The lowest BCUT2D eigenvalue weighted by Crippen LogP contribution is -2.23. The van der Waals surface area contributed by atoms with Crippen LogP contribution in [0.25, 0.3) is 0 Å². The molecule has 0 bridgehead atoms. The van der Waals surface area contributed by atoms with Crippen LogP contribution in [0.2, 0.25) is 0 Å². The van der Waals surface area contributed by atoms with Crippen molar-refractivity contribution in [3.8, 4) is 0 Å². The molecule has 19 heavy (non-hydrogen) atoms. The Labute approximate surface area is 112 Å². The van der Waals surface area contributed by atoms with E-state index in [1.165, 1.54) is 0 Å². The molecule has 1 saturated heterocycles. The van der Waals surface area contributed by atoms with Crippen LogP contribution in [0.15, 0.2) is 12.1 Å². The third-order valence-corrected chi connectivity index (χ3v) is 3.39. The maximum Gasteiger partial charge on any atom is 0.250 e. The molecular formula is C14H20F2N2O. The number of halogens is 2. The SMILES string of the molecule is CCc1ccc([C@@H]2CCOC2)c(CNCC(F)F)n1. The van der Waals surface area contributed by atoms with Crippen molar-refractivity contribution in [3.05, 3.63) is 29.1 Å². The largest absolute Gasteiger partial charge is 0.381 e. The molecule has 0 saturated carbocycles. The summed E-state index contributed by atoms with van der Waals surface area (Å²) in [6.45, 7) is 3.61. The number of nitrogens with one attached hydrogen (secondary N) is 1. The fourth-order valence-corrected chi connectivity index (χ4v) is 2.35. The highest BCUT2D eigenvalue weighted by Crippen LogP contribution is 2.27. The van der Waals surface area contributed by atoms with Crippen LogP contribution in [0, 0.1) is 0 Å². The van der Waals surface area contributed by atoms with Gasteiger partial charge in [0.1, 0.15) is 0 Å². The summed E-state index contributed by atoms with van der Waals surface area (Å²) in [7, 11) is 0. The van der Waals surface area contributed by atoms with E-state index in [0.29, 0.717) is 19.1 Å². The molecule has 0 amide bonds. The number of ether oxygens (including phenoxy) is 1. The second kappa shape index (κ2) is 6.91. The number of hydrogen-bond acceptors (Lipinski definition) is 3. The maximum absolute atomic E-state index is 12.2. The molecule has 1 aromatic heterocycles. The van der Waals surface area contributed by atoms with E-state index in [2.05, 4.69) is 16.4 Å². The number of aryl methyl sites for hydroxylation is 1. The lowest BCUT2D eigenvalue weighted by atomic mass is 9.96. The Morgan fingerprint density at radius 2 is 2.32 bits per heavy atom. The molecule has 1 N–H and O–H groups in total. The Morgan fingerprint density at radius 1 is 1.47 bits per heavy atom. The second-order valence-electron chi connectivity index (χ2n) is 4.77. The summed E-state index contributed by atoms with van der Waals surface area (Å²) in [5.74, 6) is 0.349.